The summed E-state index contributed by atoms with van der Waals surface area (Å²) in [4.78, 5) is 37.0. The average molecular weight is 482 g/mol. The topological polar surface area (TPSA) is 83.8 Å². The summed E-state index contributed by atoms with van der Waals surface area (Å²) < 4.78 is 18.0. The van der Waals surface area contributed by atoms with Gasteiger partial charge in [0.05, 0.1) is 6.42 Å². The number of halogens is 1. The number of rotatable bonds is 9. The lowest BCUT2D eigenvalue weighted by molar-refractivity contribution is -0.142. The van der Waals surface area contributed by atoms with E-state index in [0.717, 1.165) is 22.7 Å². The highest BCUT2D eigenvalue weighted by Crippen LogP contribution is 2.33. The van der Waals surface area contributed by atoms with Gasteiger partial charge in [0, 0.05) is 40.5 Å². The summed E-state index contributed by atoms with van der Waals surface area (Å²) in [7, 11) is 0. The Bertz CT molecular complexity index is 1240. The van der Waals surface area contributed by atoms with Gasteiger partial charge in [-0.15, -0.1) is 0 Å². The molecule has 0 aliphatic carbocycles. The van der Waals surface area contributed by atoms with Crippen LogP contribution in [-0.4, -0.2) is 35.5 Å². The molecule has 1 aromatic heterocycles. The van der Waals surface area contributed by atoms with Gasteiger partial charge in [-0.05, 0) is 61.9 Å². The maximum Gasteiger partial charge on any atom is 0.306 e. The van der Waals surface area contributed by atoms with Crippen molar-refractivity contribution in [2.45, 2.75) is 33.2 Å². The van der Waals surface area contributed by atoms with Crippen molar-refractivity contribution in [3.63, 3.8) is 0 Å². The number of esters is 1. The minimum atomic E-state index is -0.593. The molecule has 0 saturated carbocycles. The van der Waals surface area contributed by atoms with Crippen LogP contribution in [-0.2, 0) is 16.1 Å². The molecule has 4 rings (SSSR count). The van der Waals surface area contributed by atoms with E-state index < -0.39 is 5.97 Å². The van der Waals surface area contributed by atoms with Crippen LogP contribution >= 0.6 is 11.6 Å². The van der Waals surface area contributed by atoms with Crippen LogP contribution in [0.25, 0.3) is 0 Å². The van der Waals surface area contributed by atoms with Crippen molar-refractivity contribution in [3.8, 4) is 11.5 Å². The Morgan fingerprint density at radius 1 is 0.941 bits per heavy atom. The smallest absolute Gasteiger partial charge is 0.306 e. The van der Waals surface area contributed by atoms with Crippen molar-refractivity contribution >= 4 is 29.1 Å². The van der Waals surface area contributed by atoms with E-state index in [0.29, 0.717) is 28.4 Å². The van der Waals surface area contributed by atoms with Crippen LogP contribution < -0.4 is 9.47 Å². The molecular weight excluding hydrogens is 458 g/mol. The Hall–Kier alpha value is -3.58. The zero-order chi connectivity index (χ0) is 24.2. The largest absolute Gasteiger partial charge is 0.457 e. The fraction of sp³-hybridized carbons (Fsp3) is 0.269. The van der Waals surface area contributed by atoms with E-state index in [2.05, 4.69) is 0 Å². The predicted molar refractivity (Wildman–Crippen MR) is 126 cm³/mol. The number of hydrogen-bond donors (Lipinski definition) is 0. The third-order valence-electron chi connectivity index (χ3n) is 5.74. The van der Waals surface area contributed by atoms with Crippen LogP contribution in [0.2, 0.25) is 5.02 Å². The molecule has 7 nitrogen and oxygen atoms in total. The van der Waals surface area contributed by atoms with Crippen LogP contribution in [0.1, 0.15) is 50.5 Å². The number of ether oxygens (including phenoxy) is 3. The number of fused-ring (bicyclic) bond motifs is 1. The van der Waals surface area contributed by atoms with Gasteiger partial charge in [0.2, 0.25) is 12.6 Å². The Labute approximate surface area is 202 Å². The molecule has 0 spiro atoms. The highest BCUT2D eigenvalue weighted by Gasteiger charge is 2.19. The van der Waals surface area contributed by atoms with Gasteiger partial charge in [0.15, 0.2) is 23.9 Å². The molecule has 2 heterocycles. The number of hydrogen-bond acceptors (Lipinski definition) is 6. The van der Waals surface area contributed by atoms with E-state index in [-0.39, 0.29) is 37.8 Å². The van der Waals surface area contributed by atoms with Crippen LogP contribution in [0.4, 0.5) is 0 Å². The molecule has 0 bridgehead atoms. The Balaban J connectivity index is 1.32. The summed E-state index contributed by atoms with van der Waals surface area (Å²) in [6, 6.07) is 14.0. The maximum absolute atomic E-state index is 12.7. The first kappa shape index (κ1) is 23.6. The minimum Gasteiger partial charge on any atom is -0.457 e. The fourth-order valence-electron chi connectivity index (χ4n) is 3.84. The molecule has 0 amide bonds. The van der Waals surface area contributed by atoms with E-state index in [1.54, 1.807) is 30.3 Å². The standard InChI is InChI=1S/C26H24ClNO6/c1-16-11-21(17(2)28(16)13-18-3-9-24-25(12-18)34-15-33-24)23(30)14-32-26(31)10-8-22(29)19-4-6-20(27)7-5-19/h3-7,9,11-12H,8,10,13-15H2,1-2H3. The first-order valence-electron chi connectivity index (χ1n) is 10.8. The first-order valence-corrected chi connectivity index (χ1v) is 11.2. The number of benzene rings is 2. The van der Waals surface area contributed by atoms with Crippen LogP contribution in [0, 0.1) is 13.8 Å². The van der Waals surface area contributed by atoms with Crippen molar-refractivity contribution in [2.24, 2.45) is 0 Å². The van der Waals surface area contributed by atoms with Crippen molar-refractivity contribution < 1.29 is 28.6 Å². The number of carbonyl (C=O) groups excluding carboxylic acids is 3. The van der Waals surface area contributed by atoms with Gasteiger partial charge in [-0.3, -0.25) is 14.4 Å². The summed E-state index contributed by atoms with van der Waals surface area (Å²) in [5, 5.41) is 0.532. The van der Waals surface area contributed by atoms with Crippen molar-refractivity contribution in [1.29, 1.82) is 0 Å². The molecule has 0 saturated heterocycles. The minimum absolute atomic E-state index is 0.00129. The zero-order valence-electron chi connectivity index (χ0n) is 18.9. The van der Waals surface area contributed by atoms with E-state index in [1.165, 1.54) is 0 Å². The molecule has 0 radical (unpaired) electrons. The molecule has 176 valence electrons. The van der Waals surface area contributed by atoms with Crippen LogP contribution in [0.5, 0.6) is 11.5 Å². The first-order chi connectivity index (χ1) is 16.3. The van der Waals surface area contributed by atoms with Gasteiger partial charge < -0.3 is 18.8 Å². The molecule has 0 unspecified atom stereocenters. The van der Waals surface area contributed by atoms with Gasteiger partial charge in [0.25, 0.3) is 0 Å². The Morgan fingerprint density at radius 2 is 1.68 bits per heavy atom. The van der Waals surface area contributed by atoms with E-state index in [9.17, 15) is 14.4 Å². The molecular formula is C26H24ClNO6. The van der Waals surface area contributed by atoms with Gasteiger partial charge >= 0.3 is 5.97 Å². The molecule has 0 fully saturated rings. The number of Topliss-reactive ketones (excluding diaryl/α,β-unsaturated/α-hetero) is 2. The second kappa shape index (κ2) is 10.1. The second-order valence-corrected chi connectivity index (χ2v) is 8.51. The summed E-state index contributed by atoms with van der Waals surface area (Å²) in [6.45, 7) is 4.19. The van der Waals surface area contributed by atoms with Gasteiger partial charge in [-0.2, -0.15) is 0 Å². The SMILES string of the molecule is Cc1cc(C(=O)COC(=O)CCC(=O)c2ccc(Cl)cc2)c(C)n1Cc1ccc2c(c1)OCO2. The normalized spacial score (nSPS) is 12.0. The third-order valence-corrected chi connectivity index (χ3v) is 5.99. The van der Waals surface area contributed by atoms with Gasteiger partial charge in [-0.1, -0.05) is 17.7 Å². The summed E-state index contributed by atoms with van der Waals surface area (Å²) in [5.41, 5.74) is 3.70. The lowest BCUT2D eigenvalue weighted by Gasteiger charge is -2.11. The molecule has 1 aliphatic rings. The molecule has 2 aromatic carbocycles. The second-order valence-electron chi connectivity index (χ2n) is 8.07. The number of aromatic nitrogens is 1. The molecule has 3 aromatic rings. The maximum atomic E-state index is 12.7. The van der Waals surface area contributed by atoms with E-state index in [1.807, 2.05) is 36.6 Å². The van der Waals surface area contributed by atoms with E-state index >= 15 is 0 Å². The summed E-state index contributed by atoms with van der Waals surface area (Å²) in [6.07, 6.45) is -0.101. The molecule has 0 atom stereocenters. The third kappa shape index (κ3) is 5.31. The summed E-state index contributed by atoms with van der Waals surface area (Å²) in [5.74, 6) is 0.356. The number of aryl methyl sites for hydroxylation is 1. The fourth-order valence-corrected chi connectivity index (χ4v) is 3.97. The molecule has 0 N–H and O–H groups in total. The number of ketones is 2. The van der Waals surface area contributed by atoms with Crippen LogP contribution in [0.15, 0.2) is 48.5 Å². The molecule has 1 aliphatic heterocycles. The Kier molecular flexibility index (Phi) is 7.03. The Morgan fingerprint density at radius 3 is 2.44 bits per heavy atom. The van der Waals surface area contributed by atoms with Gasteiger partial charge in [-0.25, -0.2) is 0 Å². The highest BCUT2D eigenvalue weighted by molar-refractivity contribution is 6.30. The highest BCUT2D eigenvalue weighted by atomic mass is 35.5. The molecule has 8 heteroatoms. The quantitative estimate of drug-likeness (QED) is 0.318. The summed E-state index contributed by atoms with van der Waals surface area (Å²) >= 11 is 5.82. The van der Waals surface area contributed by atoms with Crippen LogP contribution in [0.3, 0.4) is 0 Å². The average Bonchev–Trinajstić information content (AvgIpc) is 3.41. The van der Waals surface area contributed by atoms with Crippen molar-refractivity contribution in [3.05, 3.63) is 81.6 Å². The predicted octanol–water partition coefficient (Wildman–Crippen LogP) is 4.92. The lowest BCUT2D eigenvalue weighted by Crippen LogP contribution is -2.16. The van der Waals surface area contributed by atoms with Crippen molar-refractivity contribution in [2.75, 3.05) is 13.4 Å². The lowest BCUT2D eigenvalue weighted by atomic mass is 10.1. The monoisotopic (exact) mass is 481 g/mol. The number of carbonyl (C=O) groups is 3. The number of nitrogens with zero attached hydrogens (tertiary/aromatic N) is 1. The van der Waals surface area contributed by atoms with E-state index in [4.69, 9.17) is 25.8 Å². The molecule has 34 heavy (non-hydrogen) atoms. The van der Waals surface area contributed by atoms with Gasteiger partial charge in [0.1, 0.15) is 0 Å². The van der Waals surface area contributed by atoms with Crippen molar-refractivity contribution in [1.82, 2.24) is 4.57 Å². The zero-order valence-corrected chi connectivity index (χ0v) is 19.7.